The van der Waals surface area contributed by atoms with Crippen LogP contribution in [0.5, 0.6) is 5.88 Å². The molecule has 0 saturated heterocycles. The molecule has 2 amide bonds. The second kappa shape index (κ2) is 11.7. The Hall–Kier alpha value is -4.22. The van der Waals surface area contributed by atoms with Gasteiger partial charge in [-0.2, -0.15) is 0 Å². The smallest absolute Gasteiger partial charge is 0.272 e. The number of amides is 2. The number of hydrogen-bond acceptors (Lipinski definition) is 6. The predicted molar refractivity (Wildman–Crippen MR) is 139 cm³/mol. The van der Waals surface area contributed by atoms with Gasteiger partial charge in [-0.05, 0) is 37.3 Å². The van der Waals surface area contributed by atoms with Gasteiger partial charge >= 0.3 is 0 Å². The summed E-state index contributed by atoms with van der Waals surface area (Å²) in [6.07, 6.45) is 2.70. The van der Waals surface area contributed by atoms with Crippen LogP contribution in [0.3, 0.4) is 0 Å². The Morgan fingerprint density at radius 1 is 1.16 bits per heavy atom. The molecule has 3 aromatic rings. The first-order chi connectivity index (χ1) is 17.9. The summed E-state index contributed by atoms with van der Waals surface area (Å²) in [6, 6.07) is 16.0. The average molecular weight is 499 g/mol. The molecule has 3 atom stereocenters. The van der Waals surface area contributed by atoms with Crippen LogP contribution in [0.15, 0.2) is 67.0 Å². The van der Waals surface area contributed by atoms with Crippen molar-refractivity contribution in [2.75, 3.05) is 26.7 Å². The van der Waals surface area contributed by atoms with Gasteiger partial charge in [-0.3, -0.25) is 14.6 Å². The van der Waals surface area contributed by atoms with Crippen LogP contribution in [-0.4, -0.2) is 75.6 Å². The van der Waals surface area contributed by atoms with Crippen LogP contribution in [0.2, 0.25) is 0 Å². The summed E-state index contributed by atoms with van der Waals surface area (Å²) in [5.41, 5.74) is 2.04. The zero-order valence-electron chi connectivity index (χ0n) is 21.2. The van der Waals surface area contributed by atoms with E-state index in [1.54, 1.807) is 60.4 Å². The average Bonchev–Trinajstić information content (AvgIpc) is 2.94. The molecule has 3 heterocycles. The molecule has 2 aromatic heterocycles. The zero-order valence-corrected chi connectivity index (χ0v) is 21.2. The molecule has 1 aliphatic rings. The largest absolute Gasteiger partial charge is 0.472 e. The summed E-state index contributed by atoms with van der Waals surface area (Å²) >= 11 is 0. The summed E-state index contributed by atoms with van der Waals surface area (Å²) in [7, 11) is 1.70. The number of aliphatic hydroxyl groups excluding tert-OH is 1. The molecule has 8 heteroatoms. The van der Waals surface area contributed by atoms with Gasteiger partial charge in [-0.15, -0.1) is 0 Å². The van der Waals surface area contributed by atoms with Gasteiger partial charge < -0.3 is 19.6 Å². The van der Waals surface area contributed by atoms with Gasteiger partial charge in [0.2, 0.25) is 5.88 Å². The van der Waals surface area contributed by atoms with E-state index >= 15 is 0 Å². The maximum Gasteiger partial charge on any atom is 0.272 e. The molecule has 1 aliphatic heterocycles. The van der Waals surface area contributed by atoms with Gasteiger partial charge in [0.05, 0.1) is 19.2 Å². The molecule has 8 nitrogen and oxygen atoms in total. The number of ether oxygens (including phenoxy) is 1. The van der Waals surface area contributed by atoms with E-state index in [1.807, 2.05) is 37.3 Å². The van der Waals surface area contributed by atoms with Crippen LogP contribution in [0.25, 0.3) is 0 Å². The topological polar surface area (TPSA) is 95.9 Å². The molecule has 1 N–H and O–H groups in total. The number of aromatic nitrogens is 2. The minimum absolute atomic E-state index is 0.149. The lowest BCUT2D eigenvalue weighted by Crippen LogP contribution is -2.50. The first-order valence-electron chi connectivity index (χ1n) is 12.2. The maximum absolute atomic E-state index is 13.6. The van der Waals surface area contributed by atoms with Gasteiger partial charge in [0.25, 0.3) is 11.8 Å². The number of benzene rings is 1. The van der Waals surface area contributed by atoms with Gasteiger partial charge in [-0.25, -0.2) is 4.98 Å². The highest BCUT2D eigenvalue weighted by molar-refractivity contribution is 5.97. The molecule has 0 radical (unpaired) electrons. The maximum atomic E-state index is 13.6. The summed E-state index contributed by atoms with van der Waals surface area (Å²) in [5, 5.41) is 9.85. The second-order valence-corrected chi connectivity index (χ2v) is 9.22. The predicted octanol–water partition coefficient (Wildman–Crippen LogP) is 2.87. The first kappa shape index (κ1) is 25.9. The molecular weight excluding hydrogens is 468 g/mol. The van der Waals surface area contributed by atoms with E-state index in [0.717, 1.165) is 5.56 Å². The fraction of sp³-hybridized carbons (Fsp3) is 0.310. The summed E-state index contributed by atoms with van der Waals surface area (Å²) < 4.78 is 6.27. The van der Waals surface area contributed by atoms with E-state index in [9.17, 15) is 14.7 Å². The molecule has 0 bridgehead atoms. The summed E-state index contributed by atoms with van der Waals surface area (Å²) in [4.78, 5) is 38.3. The third-order valence-corrected chi connectivity index (χ3v) is 6.33. The molecule has 0 spiro atoms. The van der Waals surface area contributed by atoms with Crippen molar-refractivity contribution in [1.82, 2.24) is 19.8 Å². The lowest BCUT2D eigenvalue weighted by Gasteiger charge is -2.37. The molecule has 4 rings (SSSR count). The van der Waals surface area contributed by atoms with Crippen LogP contribution in [0.1, 0.15) is 45.8 Å². The number of nitrogens with zero attached hydrogens (tertiary/aromatic N) is 4. The number of likely N-dealkylation sites (N-methyl/N-ethyl adjacent to an activating group) is 1. The Bertz CT molecular complexity index is 1300. The Morgan fingerprint density at radius 3 is 2.59 bits per heavy atom. The molecule has 0 fully saturated rings. The fourth-order valence-corrected chi connectivity index (χ4v) is 4.09. The van der Waals surface area contributed by atoms with Gasteiger partial charge in [0.1, 0.15) is 17.4 Å². The van der Waals surface area contributed by atoms with Crippen molar-refractivity contribution < 1.29 is 19.4 Å². The number of carbonyl (C=O) groups is 2. The van der Waals surface area contributed by atoms with Crippen molar-refractivity contribution in [3.63, 3.8) is 0 Å². The third kappa shape index (κ3) is 6.13. The van der Waals surface area contributed by atoms with E-state index in [-0.39, 0.29) is 42.3 Å². The van der Waals surface area contributed by atoms with Crippen molar-refractivity contribution in [3.8, 4) is 17.7 Å². The Labute approximate surface area is 216 Å². The van der Waals surface area contributed by atoms with Crippen LogP contribution < -0.4 is 4.74 Å². The number of pyridine rings is 2. The molecule has 0 aliphatic carbocycles. The number of carbonyl (C=O) groups excluding carboxylic acids is 2. The van der Waals surface area contributed by atoms with Crippen molar-refractivity contribution in [2.45, 2.75) is 26.0 Å². The monoisotopic (exact) mass is 498 g/mol. The number of fused-ring (bicyclic) bond motifs is 1. The number of aliphatic hydroxyl groups is 1. The van der Waals surface area contributed by atoms with Gasteiger partial charge in [-0.1, -0.05) is 43.0 Å². The van der Waals surface area contributed by atoms with Gasteiger partial charge in [0, 0.05) is 43.0 Å². The normalized spacial score (nSPS) is 17.8. The standard InChI is InChI=1S/C29H30N4O4/c1-20-17-33(21(2)19-34)28(35)24-15-23(13-12-22-9-5-4-6-10-22)16-31-27(24)37-26(20)18-32(3)29(36)25-11-7-8-14-30-25/h4-11,14-16,20-21,26,34H,17-19H2,1-3H3/t20-,21+,26-/m0/s1. The quantitative estimate of drug-likeness (QED) is 0.544. The van der Waals surface area contributed by atoms with E-state index < -0.39 is 12.1 Å². The molecule has 190 valence electrons. The zero-order chi connectivity index (χ0) is 26.4. The highest BCUT2D eigenvalue weighted by atomic mass is 16.5. The van der Waals surface area contributed by atoms with E-state index in [0.29, 0.717) is 17.8 Å². The van der Waals surface area contributed by atoms with Gasteiger partial charge in [0.15, 0.2) is 0 Å². The number of hydrogen-bond donors (Lipinski definition) is 1. The van der Waals surface area contributed by atoms with E-state index in [1.165, 1.54) is 0 Å². The Morgan fingerprint density at radius 2 is 1.89 bits per heavy atom. The molecule has 37 heavy (non-hydrogen) atoms. The van der Waals surface area contributed by atoms with Crippen molar-refractivity contribution >= 4 is 11.8 Å². The lowest BCUT2D eigenvalue weighted by molar-refractivity contribution is 0.0312. The Balaban J connectivity index is 1.65. The highest BCUT2D eigenvalue weighted by Crippen LogP contribution is 2.27. The van der Waals surface area contributed by atoms with Crippen molar-refractivity contribution in [1.29, 1.82) is 0 Å². The minimum atomic E-state index is -0.452. The Kier molecular flexibility index (Phi) is 8.16. The van der Waals surface area contributed by atoms with Crippen LogP contribution >= 0.6 is 0 Å². The van der Waals surface area contributed by atoms with E-state index in [2.05, 4.69) is 21.8 Å². The lowest BCUT2D eigenvalue weighted by atomic mass is 9.99. The van der Waals surface area contributed by atoms with Crippen LogP contribution in [0.4, 0.5) is 0 Å². The highest BCUT2D eigenvalue weighted by Gasteiger charge is 2.34. The van der Waals surface area contributed by atoms with Crippen molar-refractivity contribution in [2.24, 2.45) is 5.92 Å². The summed E-state index contributed by atoms with van der Waals surface area (Å²) in [5.74, 6) is 5.67. The second-order valence-electron chi connectivity index (χ2n) is 9.22. The van der Waals surface area contributed by atoms with Crippen molar-refractivity contribution in [3.05, 3.63) is 89.4 Å². The first-order valence-corrected chi connectivity index (χ1v) is 12.2. The van der Waals surface area contributed by atoms with Crippen LogP contribution in [-0.2, 0) is 0 Å². The summed E-state index contributed by atoms with van der Waals surface area (Å²) in [6.45, 7) is 4.18. The molecule has 1 aromatic carbocycles. The fourth-order valence-electron chi connectivity index (χ4n) is 4.09. The van der Waals surface area contributed by atoms with Crippen LogP contribution in [0, 0.1) is 17.8 Å². The third-order valence-electron chi connectivity index (χ3n) is 6.33. The molecular formula is C29H30N4O4. The minimum Gasteiger partial charge on any atom is -0.472 e. The van der Waals surface area contributed by atoms with E-state index in [4.69, 9.17) is 4.74 Å². The number of rotatable bonds is 5. The molecule has 0 saturated carbocycles. The SMILES string of the molecule is C[C@H](CO)N1C[C@H](C)[C@H](CN(C)C(=O)c2ccccn2)Oc2ncc(C#Cc3ccccc3)cc2C1=O. The molecule has 0 unspecified atom stereocenters.